The van der Waals surface area contributed by atoms with Gasteiger partial charge in [0, 0.05) is 5.69 Å². The number of anilines is 1. The van der Waals surface area contributed by atoms with E-state index in [4.69, 9.17) is 0 Å². The molecule has 1 amide bonds. The van der Waals surface area contributed by atoms with Gasteiger partial charge in [-0.25, -0.2) is 0 Å². The number of hydrogen-bond donors (Lipinski definition) is 1. The molecule has 0 aliphatic rings. The number of alkyl halides is 3. The van der Waals surface area contributed by atoms with Crippen LogP contribution in [0.25, 0.3) is 0 Å². The first-order valence-corrected chi connectivity index (χ1v) is 5.83. The molecule has 0 spiro atoms. The van der Waals surface area contributed by atoms with Crippen LogP contribution in [0.3, 0.4) is 0 Å². The van der Waals surface area contributed by atoms with Gasteiger partial charge >= 0.3 is 6.18 Å². The average molecular weight is 283 g/mol. The minimum absolute atomic E-state index is 0.213. The van der Waals surface area contributed by atoms with Crippen molar-refractivity contribution in [2.45, 2.75) is 19.6 Å². The average Bonchev–Trinajstić information content (AvgIpc) is 2.71. The van der Waals surface area contributed by atoms with Crippen LogP contribution in [0.15, 0.2) is 36.4 Å². The Morgan fingerprint density at radius 3 is 2.55 bits per heavy atom. The summed E-state index contributed by atoms with van der Waals surface area (Å²) in [5.74, 6) is -0.565. The van der Waals surface area contributed by atoms with Crippen molar-refractivity contribution < 1.29 is 18.0 Å². The van der Waals surface area contributed by atoms with E-state index in [9.17, 15) is 18.0 Å². The Bertz CT molecular complexity index is 605. The number of halogens is 3. The normalized spacial score (nSPS) is 11.4. The Morgan fingerprint density at radius 2 is 1.95 bits per heavy atom. The summed E-state index contributed by atoms with van der Waals surface area (Å²) in [4.78, 5) is 11.7. The van der Waals surface area contributed by atoms with E-state index in [1.165, 1.54) is 6.92 Å². The molecule has 1 heterocycles. The lowest BCUT2D eigenvalue weighted by molar-refractivity contribution is -0.144. The molecule has 0 saturated heterocycles. The van der Waals surface area contributed by atoms with Crippen molar-refractivity contribution in [3.8, 4) is 0 Å². The molecule has 0 saturated carbocycles. The summed E-state index contributed by atoms with van der Waals surface area (Å²) in [6.07, 6.45) is -4.53. The number of carbonyl (C=O) groups is 1. The van der Waals surface area contributed by atoms with Crippen LogP contribution in [0.2, 0.25) is 0 Å². The quantitative estimate of drug-likeness (QED) is 0.941. The highest BCUT2D eigenvalue weighted by atomic mass is 19.4. The van der Waals surface area contributed by atoms with Crippen LogP contribution in [0, 0.1) is 6.92 Å². The van der Waals surface area contributed by atoms with Crippen LogP contribution in [0.1, 0.15) is 11.4 Å². The molecule has 1 aromatic heterocycles. The van der Waals surface area contributed by atoms with Gasteiger partial charge in [-0.15, -0.1) is 0 Å². The molecular weight excluding hydrogens is 271 g/mol. The maximum Gasteiger partial charge on any atom is 0.433 e. The Hall–Kier alpha value is -2.31. The Labute approximate surface area is 113 Å². The summed E-state index contributed by atoms with van der Waals surface area (Å²) in [7, 11) is 0. The van der Waals surface area contributed by atoms with Crippen LogP contribution in [-0.2, 0) is 17.5 Å². The Kier molecular flexibility index (Phi) is 3.78. The third-order valence-corrected chi connectivity index (χ3v) is 2.54. The van der Waals surface area contributed by atoms with Gasteiger partial charge in [0.2, 0.25) is 5.91 Å². The predicted octanol–water partition coefficient (Wildman–Crippen LogP) is 2.85. The molecule has 4 nitrogen and oxygen atoms in total. The number of hydrogen-bond acceptors (Lipinski definition) is 2. The van der Waals surface area contributed by atoms with E-state index in [0.29, 0.717) is 10.4 Å². The molecule has 0 bridgehead atoms. The van der Waals surface area contributed by atoms with Gasteiger partial charge in [-0.05, 0) is 25.1 Å². The number of benzene rings is 1. The van der Waals surface area contributed by atoms with Crippen molar-refractivity contribution in [1.29, 1.82) is 0 Å². The van der Waals surface area contributed by atoms with Crippen LogP contribution in [-0.4, -0.2) is 15.7 Å². The highest BCUT2D eigenvalue weighted by molar-refractivity contribution is 5.90. The lowest BCUT2D eigenvalue weighted by Crippen LogP contribution is -2.23. The number of para-hydroxylation sites is 1. The smallest absolute Gasteiger partial charge is 0.324 e. The van der Waals surface area contributed by atoms with Crippen molar-refractivity contribution in [3.05, 3.63) is 47.8 Å². The molecule has 0 aliphatic heterocycles. The van der Waals surface area contributed by atoms with Gasteiger partial charge < -0.3 is 5.32 Å². The SMILES string of the molecule is Cc1cc(C(F)(F)F)n(CC(=O)Nc2ccccc2)n1. The fourth-order valence-corrected chi connectivity index (χ4v) is 1.75. The second-order valence-electron chi connectivity index (χ2n) is 4.24. The Morgan fingerprint density at radius 1 is 1.30 bits per heavy atom. The first kappa shape index (κ1) is 14.1. The van der Waals surface area contributed by atoms with E-state index in [2.05, 4.69) is 10.4 Å². The zero-order valence-corrected chi connectivity index (χ0v) is 10.6. The largest absolute Gasteiger partial charge is 0.433 e. The van der Waals surface area contributed by atoms with E-state index in [1.54, 1.807) is 30.3 Å². The molecule has 106 valence electrons. The second kappa shape index (κ2) is 5.36. The first-order chi connectivity index (χ1) is 9.36. The van der Waals surface area contributed by atoms with Crippen LogP contribution in [0.5, 0.6) is 0 Å². The second-order valence-corrected chi connectivity index (χ2v) is 4.24. The van der Waals surface area contributed by atoms with Gasteiger partial charge in [-0.3, -0.25) is 9.48 Å². The zero-order chi connectivity index (χ0) is 14.8. The number of nitrogens with one attached hydrogen (secondary N) is 1. The number of nitrogens with zero attached hydrogens (tertiary/aromatic N) is 2. The molecule has 0 radical (unpaired) electrons. The van der Waals surface area contributed by atoms with Gasteiger partial charge in [0.1, 0.15) is 12.2 Å². The van der Waals surface area contributed by atoms with Crippen molar-refractivity contribution >= 4 is 11.6 Å². The summed E-state index contributed by atoms with van der Waals surface area (Å²) in [5, 5.41) is 6.21. The van der Waals surface area contributed by atoms with E-state index < -0.39 is 24.3 Å². The standard InChI is InChI=1S/C13H12F3N3O/c1-9-7-11(13(14,15)16)19(18-9)8-12(20)17-10-5-3-2-4-6-10/h2-7H,8H2,1H3,(H,17,20). The van der Waals surface area contributed by atoms with Gasteiger partial charge in [0.25, 0.3) is 0 Å². The number of aromatic nitrogens is 2. The maximum atomic E-state index is 12.7. The third kappa shape index (κ3) is 3.37. The minimum Gasteiger partial charge on any atom is -0.324 e. The van der Waals surface area contributed by atoms with E-state index in [0.717, 1.165) is 6.07 Å². The molecule has 20 heavy (non-hydrogen) atoms. The van der Waals surface area contributed by atoms with Crippen LogP contribution < -0.4 is 5.32 Å². The fourth-order valence-electron chi connectivity index (χ4n) is 1.75. The molecule has 2 rings (SSSR count). The third-order valence-electron chi connectivity index (χ3n) is 2.54. The highest BCUT2D eigenvalue weighted by Gasteiger charge is 2.35. The summed E-state index contributed by atoms with van der Waals surface area (Å²) in [6.45, 7) is 0.957. The monoisotopic (exact) mass is 283 g/mol. The molecule has 2 aromatic rings. The number of carbonyl (C=O) groups excluding carboxylic acids is 1. The van der Waals surface area contributed by atoms with E-state index in [-0.39, 0.29) is 5.69 Å². The molecule has 0 fully saturated rings. The summed E-state index contributed by atoms with van der Waals surface area (Å²) in [5.41, 5.74) is -0.196. The number of rotatable bonds is 3. The van der Waals surface area contributed by atoms with Gasteiger partial charge in [0.05, 0.1) is 5.69 Å². The van der Waals surface area contributed by atoms with Crippen molar-refractivity contribution in [1.82, 2.24) is 9.78 Å². The molecular formula is C13H12F3N3O. The first-order valence-electron chi connectivity index (χ1n) is 5.83. The molecule has 1 aromatic carbocycles. The summed E-state index contributed by atoms with van der Waals surface area (Å²) in [6, 6.07) is 9.42. The van der Waals surface area contributed by atoms with Gasteiger partial charge in [-0.2, -0.15) is 18.3 Å². The molecule has 7 heteroatoms. The van der Waals surface area contributed by atoms with Crippen LogP contribution in [0.4, 0.5) is 18.9 Å². The lowest BCUT2D eigenvalue weighted by atomic mass is 10.3. The highest BCUT2D eigenvalue weighted by Crippen LogP contribution is 2.29. The molecule has 0 unspecified atom stereocenters. The van der Waals surface area contributed by atoms with Gasteiger partial charge in [-0.1, -0.05) is 18.2 Å². The topological polar surface area (TPSA) is 46.9 Å². The van der Waals surface area contributed by atoms with Crippen LogP contribution >= 0.6 is 0 Å². The lowest BCUT2D eigenvalue weighted by Gasteiger charge is -2.10. The molecule has 1 N–H and O–H groups in total. The summed E-state index contributed by atoms with van der Waals surface area (Å²) < 4.78 is 38.9. The van der Waals surface area contributed by atoms with Crippen molar-refractivity contribution in [2.24, 2.45) is 0 Å². The summed E-state index contributed by atoms with van der Waals surface area (Å²) >= 11 is 0. The maximum absolute atomic E-state index is 12.7. The predicted molar refractivity (Wildman–Crippen MR) is 67.0 cm³/mol. The van der Waals surface area contributed by atoms with Gasteiger partial charge in [0.15, 0.2) is 0 Å². The molecule has 0 atom stereocenters. The van der Waals surface area contributed by atoms with E-state index in [1.807, 2.05) is 0 Å². The van der Waals surface area contributed by atoms with Crippen molar-refractivity contribution in [3.63, 3.8) is 0 Å². The molecule has 0 aliphatic carbocycles. The Balaban J connectivity index is 2.12. The zero-order valence-electron chi connectivity index (χ0n) is 10.6. The van der Waals surface area contributed by atoms with Crippen molar-refractivity contribution in [2.75, 3.05) is 5.32 Å². The number of amides is 1. The fraction of sp³-hybridized carbons (Fsp3) is 0.231. The minimum atomic E-state index is -4.53. The van der Waals surface area contributed by atoms with E-state index >= 15 is 0 Å². The number of aryl methyl sites for hydroxylation is 1.